The van der Waals surface area contributed by atoms with Crippen LogP contribution in [0, 0.1) is 0 Å². The number of carboxylic acids is 1. The van der Waals surface area contributed by atoms with Gasteiger partial charge in [0.1, 0.15) is 5.82 Å². The Labute approximate surface area is 131 Å². The first-order valence-corrected chi connectivity index (χ1v) is 7.97. The Hall–Kier alpha value is -1.59. The van der Waals surface area contributed by atoms with Crippen molar-refractivity contribution in [2.45, 2.75) is 29.4 Å². The quantitative estimate of drug-likeness (QED) is 0.844. The van der Waals surface area contributed by atoms with Crippen molar-refractivity contribution >= 4 is 29.3 Å². The Balaban J connectivity index is 1.77. The fraction of sp³-hybridized carbons (Fsp3) is 0.267. The van der Waals surface area contributed by atoms with Gasteiger partial charge in [-0.05, 0) is 31.0 Å². The molecule has 0 spiro atoms. The van der Waals surface area contributed by atoms with Gasteiger partial charge in [0.15, 0.2) is 0 Å². The summed E-state index contributed by atoms with van der Waals surface area (Å²) in [4.78, 5) is 20.8. The lowest BCUT2D eigenvalue weighted by Gasteiger charge is -2.06. The summed E-state index contributed by atoms with van der Waals surface area (Å²) in [6.07, 6.45) is 3.45. The van der Waals surface area contributed by atoms with E-state index in [1.165, 1.54) is 6.20 Å². The molecule has 1 aliphatic carbocycles. The fourth-order valence-electron chi connectivity index (χ4n) is 2.04. The number of nitrogens with zero attached hydrogens (tertiary/aromatic N) is 2. The molecule has 1 aliphatic rings. The van der Waals surface area contributed by atoms with E-state index in [-0.39, 0.29) is 11.5 Å². The molecule has 0 aliphatic heterocycles. The lowest BCUT2D eigenvalue weighted by Crippen LogP contribution is -2.07. The van der Waals surface area contributed by atoms with Crippen LogP contribution in [-0.4, -0.2) is 21.0 Å². The molecular weight excluding hydrogens is 308 g/mol. The Kier molecular flexibility index (Phi) is 4.12. The molecule has 108 valence electrons. The van der Waals surface area contributed by atoms with E-state index < -0.39 is 5.97 Å². The largest absolute Gasteiger partial charge is 0.478 e. The van der Waals surface area contributed by atoms with Crippen LogP contribution in [0.1, 0.15) is 40.6 Å². The van der Waals surface area contributed by atoms with Crippen LogP contribution in [0.3, 0.4) is 0 Å². The van der Waals surface area contributed by atoms with Crippen molar-refractivity contribution in [1.29, 1.82) is 0 Å². The second kappa shape index (κ2) is 6.03. The average molecular weight is 321 g/mol. The first-order valence-electron chi connectivity index (χ1n) is 6.61. The predicted octanol–water partition coefficient (Wildman–Crippen LogP) is 4.00. The van der Waals surface area contributed by atoms with Gasteiger partial charge in [-0.3, -0.25) is 0 Å². The van der Waals surface area contributed by atoms with Crippen molar-refractivity contribution < 1.29 is 9.90 Å². The number of carboxylic acid groups (broad SMARTS) is 1. The second-order valence-electron chi connectivity index (χ2n) is 4.91. The van der Waals surface area contributed by atoms with Gasteiger partial charge in [0, 0.05) is 22.0 Å². The van der Waals surface area contributed by atoms with Crippen LogP contribution in [0.25, 0.3) is 0 Å². The molecule has 21 heavy (non-hydrogen) atoms. The lowest BCUT2D eigenvalue weighted by atomic mass is 10.1. The van der Waals surface area contributed by atoms with E-state index in [4.69, 9.17) is 11.6 Å². The molecule has 0 atom stereocenters. The van der Waals surface area contributed by atoms with E-state index in [1.807, 2.05) is 24.3 Å². The first kappa shape index (κ1) is 14.4. The van der Waals surface area contributed by atoms with Crippen LogP contribution in [0.15, 0.2) is 35.4 Å². The summed E-state index contributed by atoms with van der Waals surface area (Å²) in [7, 11) is 0. The number of aromatic nitrogens is 2. The lowest BCUT2D eigenvalue weighted by molar-refractivity contribution is 0.0694. The summed E-state index contributed by atoms with van der Waals surface area (Å²) in [6.45, 7) is 0. The molecule has 1 aromatic carbocycles. The zero-order valence-corrected chi connectivity index (χ0v) is 12.7. The van der Waals surface area contributed by atoms with Gasteiger partial charge in [0.25, 0.3) is 0 Å². The van der Waals surface area contributed by atoms with E-state index >= 15 is 0 Å². The molecule has 1 N–H and O–H groups in total. The molecule has 4 nitrogen and oxygen atoms in total. The molecule has 0 unspecified atom stereocenters. The minimum absolute atomic E-state index is 0.231. The number of hydrogen-bond donors (Lipinski definition) is 1. The van der Waals surface area contributed by atoms with Crippen LogP contribution in [0.5, 0.6) is 0 Å². The SMILES string of the molecule is O=C(O)c1cnc(CSc2cccc(Cl)c2)nc1C1CC1. The third-order valence-corrected chi connectivity index (χ3v) is 4.45. The molecule has 1 aromatic heterocycles. The number of carbonyl (C=O) groups is 1. The van der Waals surface area contributed by atoms with Crippen LogP contribution in [0.2, 0.25) is 5.02 Å². The summed E-state index contributed by atoms with van der Waals surface area (Å²) in [5.74, 6) is 0.590. The third-order valence-electron chi connectivity index (χ3n) is 3.23. The van der Waals surface area contributed by atoms with Gasteiger partial charge < -0.3 is 5.11 Å². The van der Waals surface area contributed by atoms with E-state index in [0.717, 1.165) is 17.7 Å². The maximum atomic E-state index is 11.2. The van der Waals surface area contributed by atoms with Crippen LogP contribution in [0.4, 0.5) is 0 Å². The van der Waals surface area contributed by atoms with Gasteiger partial charge in [-0.15, -0.1) is 11.8 Å². The standard InChI is InChI=1S/C15H13ClN2O2S/c16-10-2-1-3-11(6-10)21-8-13-17-7-12(15(19)20)14(18-13)9-4-5-9/h1-3,6-7,9H,4-5,8H2,(H,19,20). The highest BCUT2D eigenvalue weighted by Crippen LogP contribution is 2.40. The molecule has 2 aromatic rings. The van der Waals surface area contributed by atoms with Crippen molar-refractivity contribution in [2.24, 2.45) is 0 Å². The van der Waals surface area contributed by atoms with Gasteiger partial charge in [-0.25, -0.2) is 14.8 Å². The Bertz CT molecular complexity index is 689. The molecule has 3 rings (SSSR count). The van der Waals surface area contributed by atoms with Crippen LogP contribution in [-0.2, 0) is 5.75 Å². The molecule has 0 radical (unpaired) electrons. The molecule has 1 fully saturated rings. The van der Waals surface area contributed by atoms with Gasteiger partial charge >= 0.3 is 5.97 Å². The highest BCUT2D eigenvalue weighted by Gasteiger charge is 2.30. The van der Waals surface area contributed by atoms with Crippen molar-refractivity contribution in [2.75, 3.05) is 0 Å². The zero-order valence-electron chi connectivity index (χ0n) is 11.1. The number of halogens is 1. The minimum Gasteiger partial charge on any atom is -0.478 e. The van der Waals surface area contributed by atoms with Crippen molar-refractivity contribution in [3.63, 3.8) is 0 Å². The van der Waals surface area contributed by atoms with Gasteiger partial charge in [0.05, 0.1) is 17.0 Å². The van der Waals surface area contributed by atoms with Gasteiger partial charge in [-0.1, -0.05) is 17.7 Å². The molecule has 1 saturated carbocycles. The number of rotatable bonds is 5. The predicted molar refractivity (Wildman–Crippen MR) is 82.0 cm³/mol. The Morgan fingerprint density at radius 1 is 1.43 bits per heavy atom. The van der Waals surface area contributed by atoms with Crippen LogP contribution >= 0.6 is 23.4 Å². The Morgan fingerprint density at radius 3 is 2.90 bits per heavy atom. The number of hydrogen-bond acceptors (Lipinski definition) is 4. The second-order valence-corrected chi connectivity index (χ2v) is 6.40. The van der Waals surface area contributed by atoms with Crippen molar-refractivity contribution in [3.8, 4) is 0 Å². The third kappa shape index (κ3) is 3.54. The summed E-state index contributed by atoms with van der Waals surface area (Å²) < 4.78 is 0. The highest BCUT2D eigenvalue weighted by atomic mass is 35.5. The average Bonchev–Trinajstić information content (AvgIpc) is 3.29. The smallest absolute Gasteiger partial charge is 0.339 e. The minimum atomic E-state index is -0.953. The normalized spacial score (nSPS) is 14.1. The molecule has 6 heteroatoms. The van der Waals surface area contributed by atoms with Crippen molar-refractivity contribution in [3.05, 3.63) is 52.6 Å². The topological polar surface area (TPSA) is 63.1 Å². The first-order chi connectivity index (χ1) is 10.1. The van der Waals surface area contributed by atoms with E-state index in [1.54, 1.807) is 11.8 Å². The highest BCUT2D eigenvalue weighted by molar-refractivity contribution is 7.98. The molecule has 0 saturated heterocycles. The van der Waals surface area contributed by atoms with E-state index in [0.29, 0.717) is 22.3 Å². The summed E-state index contributed by atoms with van der Waals surface area (Å²) in [5, 5.41) is 9.87. The number of benzene rings is 1. The van der Waals surface area contributed by atoms with Crippen LogP contribution < -0.4 is 0 Å². The molecule has 0 bridgehead atoms. The number of aromatic carboxylic acids is 1. The summed E-state index contributed by atoms with van der Waals surface area (Å²) >= 11 is 7.53. The summed E-state index contributed by atoms with van der Waals surface area (Å²) in [6, 6.07) is 7.59. The van der Waals surface area contributed by atoms with E-state index in [9.17, 15) is 9.90 Å². The Morgan fingerprint density at radius 2 is 2.24 bits per heavy atom. The number of thioether (sulfide) groups is 1. The van der Waals surface area contributed by atoms with Gasteiger partial charge in [0.2, 0.25) is 0 Å². The molecule has 1 heterocycles. The monoisotopic (exact) mass is 320 g/mol. The van der Waals surface area contributed by atoms with Gasteiger partial charge in [-0.2, -0.15) is 0 Å². The maximum Gasteiger partial charge on any atom is 0.339 e. The molecule has 0 amide bonds. The molecular formula is C15H13ClN2O2S. The fourth-order valence-corrected chi connectivity index (χ4v) is 3.12. The van der Waals surface area contributed by atoms with E-state index in [2.05, 4.69) is 9.97 Å². The van der Waals surface area contributed by atoms with Crippen molar-refractivity contribution in [1.82, 2.24) is 9.97 Å². The zero-order chi connectivity index (χ0) is 14.8. The maximum absolute atomic E-state index is 11.2. The summed E-state index contributed by atoms with van der Waals surface area (Å²) in [5.41, 5.74) is 0.910.